The van der Waals surface area contributed by atoms with E-state index >= 15 is 0 Å². The predicted octanol–water partition coefficient (Wildman–Crippen LogP) is 6.17. The minimum absolute atomic E-state index is 0.171. The molecule has 1 aliphatic heterocycles. The van der Waals surface area contributed by atoms with E-state index in [1.165, 1.54) is 30.0 Å². The van der Waals surface area contributed by atoms with Gasteiger partial charge in [0.2, 0.25) is 0 Å². The van der Waals surface area contributed by atoms with Gasteiger partial charge in [0.05, 0.1) is 4.91 Å². The summed E-state index contributed by atoms with van der Waals surface area (Å²) >= 11 is 1.17. The minimum Gasteiger partial charge on any atom is -0.340 e. The Morgan fingerprint density at radius 3 is 2.64 bits per heavy atom. The summed E-state index contributed by atoms with van der Waals surface area (Å²) in [5.74, 6) is -1.00. The molecule has 0 unspecified atom stereocenters. The Morgan fingerprint density at radius 1 is 1.03 bits per heavy atom. The van der Waals surface area contributed by atoms with Gasteiger partial charge in [-0.1, -0.05) is 42.5 Å². The first-order valence-corrected chi connectivity index (χ1v) is 11.2. The zero-order chi connectivity index (χ0) is 22.9. The highest BCUT2D eigenvalue weighted by atomic mass is 32.2. The van der Waals surface area contributed by atoms with Crippen LogP contribution in [0.15, 0.2) is 82.7 Å². The predicted molar refractivity (Wildman–Crippen MR) is 129 cm³/mol. The maximum absolute atomic E-state index is 13.9. The molecule has 4 aromatic rings. The van der Waals surface area contributed by atoms with Crippen molar-refractivity contribution >= 4 is 45.5 Å². The van der Waals surface area contributed by atoms with Crippen LogP contribution >= 0.6 is 11.8 Å². The standard InChI is InChI=1S/C26H19F2N3OS/c1-16-20(14-24-25(32)30-26(33-24)29-22-11-4-3-10-21(22)28)19-9-2-5-12-23(19)31(16)15-17-7-6-8-18(27)13-17/h2-14H,15H2,1H3,(H,29,30,32)/b24-14-. The molecular formula is C26H19F2N3OS. The van der Waals surface area contributed by atoms with Gasteiger partial charge in [0, 0.05) is 28.7 Å². The fourth-order valence-electron chi connectivity index (χ4n) is 3.92. The molecule has 0 radical (unpaired) electrons. The Bertz CT molecular complexity index is 1460. The van der Waals surface area contributed by atoms with Gasteiger partial charge in [0.25, 0.3) is 5.91 Å². The number of nitrogens with zero attached hydrogens (tertiary/aromatic N) is 2. The summed E-state index contributed by atoms with van der Waals surface area (Å²) in [6, 6.07) is 20.6. The molecule has 33 heavy (non-hydrogen) atoms. The van der Waals surface area contributed by atoms with Crippen LogP contribution in [0.25, 0.3) is 17.0 Å². The second kappa shape index (κ2) is 8.67. The summed E-state index contributed by atoms with van der Waals surface area (Å²) in [5, 5.41) is 4.03. The molecule has 164 valence electrons. The van der Waals surface area contributed by atoms with Crippen LogP contribution in [-0.4, -0.2) is 15.6 Å². The van der Waals surface area contributed by atoms with E-state index in [1.54, 1.807) is 24.3 Å². The summed E-state index contributed by atoms with van der Waals surface area (Å²) in [4.78, 5) is 17.3. The number of carbonyl (C=O) groups excluding carboxylic acids is 1. The number of thioether (sulfide) groups is 1. The third-order valence-electron chi connectivity index (χ3n) is 5.51. The van der Waals surface area contributed by atoms with Crippen molar-refractivity contribution in [1.29, 1.82) is 0 Å². The number of rotatable bonds is 4. The van der Waals surface area contributed by atoms with Crippen LogP contribution in [0.3, 0.4) is 0 Å². The number of aromatic nitrogens is 1. The lowest BCUT2D eigenvalue weighted by Crippen LogP contribution is -2.19. The summed E-state index contributed by atoms with van der Waals surface area (Å²) < 4.78 is 29.8. The van der Waals surface area contributed by atoms with E-state index in [4.69, 9.17) is 0 Å². The highest BCUT2D eigenvalue weighted by molar-refractivity contribution is 8.18. The highest BCUT2D eigenvalue weighted by Gasteiger charge is 2.25. The molecule has 0 saturated carbocycles. The van der Waals surface area contributed by atoms with E-state index in [0.29, 0.717) is 16.6 Å². The molecule has 7 heteroatoms. The molecule has 0 spiro atoms. The first-order valence-electron chi connectivity index (χ1n) is 10.4. The van der Waals surface area contributed by atoms with Gasteiger partial charge in [-0.05, 0) is 60.7 Å². The molecule has 1 fully saturated rings. The Balaban J connectivity index is 1.53. The van der Waals surface area contributed by atoms with Crippen molar-refractivity contribution in [2.75, 3.05) is 0 Å². The number of fused-ring (bicyclic) bond motifs is 1. The SMILES string of the molecule is Cc1c(/C=C2\SC(=Nc3ccccc3F)NC2=O)c2ccccc2n1Cc1cccc(F)c1. The van der Waals surface area contributed by atoms with E-state index in [9.17, 15) is 13.6 Å². The van der Waals surface area contributed by atoms with Gasteiger partial charge < -0.3 is 9.88 Å². The second-order valence-electron chi connectivity index (χ2n) is 7.67. The molecule has 2 heterocycles. The van der Waals surface area contributed by atoms with Crippen LogP contribution in [-0.2, 0) is 11.3 Å². The van der Waals surface area contributed by atoms with Crippen LogP contribution < -0.4 is 5.32 Å². The van der Waals surface area contributed by atoms with Crippen LogP contribution in [0.1, 0.15) is 16.8 Å². The van der Waals surface area contributed by atoms with E-state index in [1.807, 2.05) is 43.3 Å². The molecule has 0 atom stereocenters. The zero-order valence-electron chi connectivity index (χ0n) is 17.7. The zero-order valence-corrected chi connectivity index (χ0v) is 18.5. The van der Waals surface area contributed by atoms with Gasteiger partial charge in [-0.3, -0.25) is 4.79 Å². The number of carbonyl (C=O) groups is 1. The Hall–Kier alpha value is -3.71. The lowest BCUT2D eigenvalue weighted by molar-refractivity contribution is -0.115. The molecule has 3 aromatic carbocycles. The van der Waals surface area contributed by atoms with Crippen molar-refractivity contribution in [2.45, 2.75) is 13.5 Å². The molecular weight excluding hydrogens is 440 g/mol. The Labute approximate surface area is 193 Å². The monoisotopic (exact) mass is 459 g/mol. The molecule has 1 amide bonds. The maximum Gasteiger partial charge on any atom is 0.264 e. The molecule has 0 aliphatic carbocycles. The average Bonchev–Trinajstić information content (AvgIpc) is 3.27. The highest BCUT2D eigenvalue weighted by Crippen LogP contribution is 2.33. The number of hydrogen-bond donors (Lipinski definition) is 1. The normalized spacial score (nSPS) is 16.2. The first-order chi connectivity index (χ1) is 16.0. The quantitative estimate of drug-likeness (QED) is 0.371. The lowest BCUT2D eigenvalue weighted by atomic mass is 10.1. The number of benzene rings is 3. The van der Waals surface area contributed by atoms with Crippen molar-refractivity contribution in [1.82, 2.24) is 9.88 Å². The lowest BCUT2D eigenvalue weighted by Gasteiger charge is -2.09. The molecule has 1 N–H and O–H groups in total. The number of halogens is 2. The first kappa shape index (κ1) is 21.2. The van der Waals surface area contributed by atoms with Crippen LogP contribution in [0.2, 0.25) is 0 Å². The third kappa shape index (κ3) is 4.19. The number of hydrogen-bond acceptors (Lipinski definition) is 3. The van der Waals surface area contributed by atoms with E-state index in [0.717, 1.165) is 27.7 Å². The molecule has 1 aliphatic rings. The Morgan fingerprint density at radius 2 is 1.82 bits per heavy atom. The second-order valence-corrected chi connectivity index (χ2v) is 8.70. The fraction of sp³-hybridized carbons (Fsp3) is 0.0769. The average molecular weight is 460 g/mol. The van der Waals surface area contributed by atoms with Gasteiger partial charge in [-0.15, -0.1) is 0 Å². The molecule has 1 saturated heterocycles. The summed E-state index contributed by atoms with van der Waals surface area (Å²) in [6.07, 6.45) is 1.84. The number of amides is 1. The minimum atomic E-state index is -0.450. The van der Waals surface area contributed by atoms with Crippen molar-refractivity contribution in [2.24, 2.45) is 4.99 Å². The van der Waals surface area contributed by atoms with Gasteiger partial charge >= 0.3 is 0 Å². The number of amidine groups is 1. The van der Waals surface area contributed by atoms with Crippen LogP contribution in [0, 0.1) is 18.6 Å². The van der Waals surface area contributed by atoms with Crippen molar-refractivity contribution in [3.63, 3.8) is 0 Å². The van der Waals surface area contributed by atoms with Crippen LogP contribution in [0.4, 0.5) is 14.5 Å². The molecule has 0 bridgehead atoms. The van der Waals surface area contributed by atoms with Crippen molar-refractivity contribution in [3.05, 3.63) is 106 Å². The largest absolute Gasteiger partial charge is 0.340 e. The number of para-hydroxylation sites is 2. The fourth-order valence-corrected chi connectivity index (χ4v) is 4.74. The summed E-state index contributed by atoms with van der Waals surface area (Å²) in [7, 11) is 0. The molecule has 4 nitrogen and oxygen atoms in total. The summed E-state index contributed by atoms with van der Waals surface area (Å²) in [5.41, 5.74) is 3.89. The van der Waals surface area contributed by atoms with E-state index < -0.39 is 5.82 Å². The summed E-state index contributed by atoms with van der Waals surface area (Å²) in [6.45, 7) is 2.49. The van der Waals surface area contributed by atoms with Crippen molar-refractivity contribution in [3.8, 4) is 0 Å². The topological polar surface area (TPSA) is 46.4 Å². The molecule has 1 aromatic heterocycles. The number of aliphatic imine (C=N–C) groups is 1. The smallest absolute Gasteiger partial charge is 0.264 e. The van der Waals surface area contributed by atoms with Gasteiger partial charge in [0.15, 0.2) is 5.17 Å². The van der Waals surface area contributed by atoms with E-state index in [2.05, 4.69) is 14.9 Å². The van der Waals surface area contributed by atoms with Crippen LogP contribution in [0.5, 0.6) is 0 Å². The van der Waals surface area contributed by atoms with Gasteiger partial charge in [-0.2, -0.15) is 0 Å². The van der Waals surface area contributed by atoms with Crippen molar-refractivity contribution < 1.29 is 13.6 Å². The Kier molecular flexibility index (Phi) is 5.56. The maximum atomic E-state index is 13.9. The van der Waals surface area contributed by atoms with Gasteiger partial charge in [-0.25, -0.2) is 13.8 Å². The molecule has 5 rings (SSSR count). The third-order valence-corrected chi connectivity index (χ3v) is 6.42. The number of nitrogens with one attached hydrogen (secondary N) is 1. The van der Waals surface area contributed by atoms with E-state index in [-0.39, 0.29) is 17.4 Å². The van der Waals surface area contributed by atoms with Gasteiger partial charge in [0.1, 0.15) is 17.3 Å².